The van der Waals surface area contributed by atoms with Crippen LogP contribution in [0.3, 0.4) is 0 Å². The predicted octanol–water partition coefficient (Wildman–Crippen LogP) is 2.31. The minimum atomic E-state index is 0.351. The number of rotatable bonds is 2. The van der Waals surface area contributed by atoms with Gasteiger partial charge in [0.05, 0.1) is 26.0 Å². The van der Waals surface area contributed by atoms with E-state index in [0.717, 1.165) is 29.2 Å². The van der Waals surface area contributed by atoms with Gasteiger partial charge >= 0.3 is 6.01 Å². The van der Waals surface area contributed by atoms with Gasteiger partial charge in [-0.05, 0) is 24.3 Å². The molecular weight excluding hydrogens is 244 g/mol. The summed E-state index contributed by atoms with van der Waals surface area (Å²) in [6, 6.07) is 7.98. The van der Waals surface area contributed by atoms with Crippen molar-refractivity contribution < 1.29 is 14.2 Å². The van der Waals surface area contributed by atoms with Gasteiger partial charge in [0.2, 0.25) is 0 Å². The zero-order valence-corrected chi connectivity index (χ0v) is 10.6. The third kappa shape index (κ3) is 2.45. The highest BCUT2D eigenvalue weighted by molar-refractivity contribution is 5.64. The summed E-state index contributed by atoms with van der Waals surface area (Å²) in [4.78, 5) is 8.30. The molecule has 0 aliphatic carbocycles. The fourth-order valence-electron chi connectivity index (χ4n) is 1.92. The van der Waals surface area contributed by atoms with Gasteiger partial charge in [0.25, 0.3) is 0 Å². The Bertz CT molecular complexity index is 587. The van der Waals surface area contributed by atoms with Crippen LogP contribution in [0.2, 0.25) is 0 Å². The Hall–Kier alpha value is -2.30. The van der Waals surface area contributed by atoms with Crippen LogP contribution in [0.1, 0.15) is 6.42 Å². The van der Waals surface area contributed by atoms with Gasteiger partial charge in [-0.25, -0.2) is 4.98 Å². The van der Waals surface area contributed by atoms with Gasteiger partial charge < -0.3 is 14.2 Å². The van der Waals surface area contributed by atoms with Crippen molar-refractivity contribution in [3.63, 3.8) is 0 Å². The monoisotopic (exact) mass is 258 g/mol. The third-order valence-electron chi connectivity index (χ3n) is 2.86. The number of hydrogen-bond donors (Lipinski definition) is 0. The van der Waals surface area contributed by atoms with Crippen LogP contribution in [-0.2, 0) is 0 Å². The van der Waals surface area contributed by atoms with E-state index in [2.05, 4.69) is 9.97 Å². The first-order valence-electron chi connectivity index (χ1n) is 6.14. The van der Waals surface area contributed by atoms with Crippen LogP contribution in [0, 0.1) is 0 Å². The molecule has 0 saturated carbocycles. The van der Waals surface area contributed by atoms with E-state index in [4.69, 9.17) is 14.2 Å². The molecular formula is C14H14N2O3. The third-order valence-corrected chi connectivity index (χ3v) is 2.86. The Labute approximate surface area is 111 Å². The molecule has 0 amide bonds. The van der Waals surface area contributed by atoms with Crippen molar-refractivity contribution in [2.24, 2.45) is 0 Å². The average molecular weight is 258 g/mol. The molecule has 1 aromatic carbocycles. The van der Waals surface area contributed by atoms with Gasteiger partial charge in [-0.3, -0.25) is 0 Å². The first-order chi connectivity index (χ1) is 9.36. The molecule has 0 bridgehead atoms. The summed E-state index contributed by atoms with van der Waals surface area (Å²) in [6.07, 6.45) is 2.57. The van der Waals surface area contributed by atoms with E-state index in [9.17, 15) is 0 Å². The summed E-state index contributed by atoms with van der Waals surface area (Å²) in [7, 11) is 1.55. The van der Waals surface area contributed by atoms with Crippen molar-refractivity contribution in [3.8, 4) is 28.8 Å². The fraction of sp³-hybridized carbons (Fsp3) is 0.286. The lowest BCUT2D eigenvalue weighted by molar-refractivity contribution is 0.297. The second-order valence-electron chi connectivity index (χ2n) is 4.14. The summed E-state index contributed by atoms with van der Waals surface area (Å²) in [5.74, 6) is 1.54. The van der Waals surface area contributed by atoms with Gasteiger partial charge in [-0.15, -0.1) is 0 Å². The quantitative estimate of drug-likeness (QED) is 0.827. The van der Waals surface area contributed by atoms with Crippen LogP contribution in [0.5, 0.6) is 17.5 Å². The molecule has 0 radical (unpaired) electrons. The standard InChI is InChI=1S/C14H14N2O3/c1-17-14-15-6-5-11(16-14)10-3-4-12-13(9-10)19-8-2-7-18-12/h3-6,9H,2,7-8H2,1H3. The van der Waals surface area contributed by atoms with Crippen LogP contribution in [0.15, 0.2) is 30.5 Å². The Morgan fingerprint density at radius 1 is 1.11 bits per heavy atom. The molecule has 0 saturated heterocycles. The Morgan fingerprint density at radius 2 is 1.95 bits per heavy atom. The highest BCUT2D eigenvalue weighted by atomic mass is 16.5. The van der Waals surface area contributed by atoms with Gasteiger partial charge in [-0.1, -0.05) is 0 Å². The molecule has 0 atom stereocenters. The number of fused-ring (bicyclic) bond motifs is 1. The van der Waals surface area contributed by atoms with Gasteiger partial charge in [0, 0.05) is 18.2 Å². The van der Waals surface area contributed by atoms with Crippen LogP contribution >= 0.6 is 0 Å². The second kappa shape index (κ2) is 5.14. The van der Waals surface area contributed by atoms with Gasteiger partial charge in [0.1, 0.15) is 0 Å². The van der Waals surface area contributed by atoms with E-state index in [0.29, 0.717) is 19.2 Å². The van der Waals surface area contributed by atoms with Crippen molar-refractivity contribution in [1.82, 2.24) is 9.97 Å². The van der Waals surface area contributed by atoms with E-state index in [1.54, 1.807) is 13.3 Å². The van der Waals surface area contributed by atoms with Crippen LogP contribution in [-0.4, -0.2) is 30.3 Å². The number of benzene rings is 1. The minimum Gasteiger partial charge on any atom is -0.490 e. The lowest BCUT2D eigenvalue weighted by atomic mass is 10.1. The van der Waals surface area contributed by atoms with Crippen LogP contribution in [0.25, 0.3) is 11.3 Å². The summed E-state index contributed by atoms with van der Waals surface area (Å²) in [5.41, 5.74) is 1.74. The Kier molecular flexibility index (Phi) is 3.18. The number of hydrogen-bond acceptors (Lipinski definition) is 5. The summed E-state index contributed by atoms with van der Waals surface area (Å²) >= 11 is 0. The predicted molar refractivity (Wildman–Crippen MR) is 69.6 cm³/mol. The van der Waals surface area contributed by atoms with E-state index in [-0.39, 0.29) is 0 Å². The molecule has 5 heteroatoms. The average Bonchev–Trinajstić information content (AvgIpc) is 2.71. The zero-order chi connectivity index (χ0) is 13.1. The minimum absolute atomic E-state index is 0.351. The highest BCUT2D eigenvalue weighted by Gasteiger charge is 2.12. The van der Waals surface area contributed by atoms with Crippen molar-refractivity contribution in [2.75, 3.05) is 20.3 Å². The van der Waals surface area contributed by atoms with Gasteiger partial charge in [-0.2, -0.15) is 4.98 Å². The molecule has 0 unspecified atom stereocenters. The first kappa shape index (κ1) is 11.8. The molecule has 2 aromatic rings. The second-order valence-corrected chi connectivity index (χ2v) is 4.14. The molecule has 0 N–H and O–H groups in total. The zero-order valence-electron chi connectivity index (χ0n) is 10.6. The van der Waals surface area contributed by atoms with Crippen LogP contribution in [0.4, 0.5) is 0 Å². The molecule has 3 rings (SSSR count). The summed E-state index contributed by atoms with van der Waals surface area (Å²) in [5, 5.41) is 0. The SMILES string of the molecule is COc1nccc(-c2ccc3c(c2)OCCCO3)n1. The molecule has 1 aliphatic heterocycles. The normalized spacial score (nSPS) is 13.7. The van der Waals surface area contributed by atoms with Crippen molar-refractivity contribution >= 4 is 0 Å². The molecule has 19 heavy (non-hydrogen) atoms. The lowest BCUT2D eigenvalue weighted by Gasteiger charge is -2.09. The lowest BCUT2D eigenvalue weighted by Crippen LogP contribution is -1.97. The fourth-order valence-corrected chi connectivity index (χ4v) is 1.92. The van der Waals surface area contributed by atoms with E-state index in [1.165, 1.54) is 0 Å². The number of ether oxygens (including phenoxy) is 3. The van der Waals surface area contributed by atoms with E-state index in [1.807, 2.05) is 24.3 Å². The molecule has 5 nitrogen and oxygen atoms in total. The summed E-state index contributed by atoms with van der Waals surface area (Å²) in [6.45, 7) is 1.36. The van der Waals surface area contributed by atoms with Gasteiger partial charge in [0.15, 0.2) is 11.5 Å². The topological polar surface area (TPSA) is 53.5 Å². The molecule has 1 aromatic heterocycles. The maximum Gasteiger partial charge on any atom is 0.316 e. The van der Waals surface area contributed by atoms with Crippen molar-refractivity contribution in [1.29, 1.82) is 0 Å². The maximum atomic E-state index is 5.67. The van der Waals surface area contributed by atoms with E-state index >= 15 is 0 Å². The molecule has 0 spiro atoms. The number of aromatic nitrogens is 2. The number of methoxy groups -OCH3 is 1. The maximum absolute atomic E-state index is 5.67. The van der Waals surface area contributed by atoms with Crippen molar-refractivity contribution in [2.45, 2.75) is 6.42 Å². The largest absolute Gasteiger partial charge is 0.490 e. The molecule has 0 fully saturated rings. The molecule has 98 valence electrons. The summed E-state index contributed by atoms with van der Waals surface area (Å²) < 4.78 is 16.3. The first-order valence-corrected chi connectivity index (χ1v) is 6.14. The molecule has 2 heterocycles. The highest BCUT2D eigenvalue weighted by Crippen LogP contribution is 2.33. The van der Waals surface area contributed by atoms with Crippen LogP contribution < -0.4 is 14.2 Å². The van der Waals surface area contributed by atoms with Crippen molar-refractivity contribution in [3.05, 3.63) is 30.5 Å². The Balaban J connectivity index is 1.98. The smallest absolute Gasteiger partial charge is 0.316 e. The number of nitrogens with zero attached hydrogens (tertiary/aromatic N) is 2. The van der Waals surface area contributed by atoms with E-state index < -0.39 is 0 Å². The Morgan fingerprint density at radius 3 is 2.79 bits per heavy atom. The molecule has 1 aliphatic rings.